The molecule has 0 aliphatic heterocycles. The topological polar surface area (TPSA) is 34.1 Å². The van der Waals surface area contributed by atoms with Crippen LogP contribution in [0, 0.1) is 12.8 Å². The SMILES string of the molecule is CCCCCCOc1cc(CNCC(C)C)cc(C)n1. The van der Waals surface area contributed by atoms with Crippen molar-refractivity contribution in [3.63, 3.8) is 0 Å². The summed E-state index contributed by atoms with van der Waals surface area (Å²) in [6.07, 6.45) is 4.90. The van der Waals surface area contributed by atoms with Crippen LogP contribution in [0.5, 0.6) is 5.88 Å². The zero-order valence-electron chi connectivity index (χ0n) is 13.5. The molecular formula is C17H30N2O. The first-order chi connectivity index (χ1) is 9.61. The Labute approximate surface area is 124 Å². The number of pyridine rings is 1. The van der Waals surface area contributed by atoms with Gasteiger partial charge in [0.1, 0.15) is 0 Å². The van der Waals surface area contributed by atoms with Crippen LogP contribution in [-0.4, -0.2) is 18.1 Å². The minimum Gasteiger partial charge on any atom is -0.478 e. The van der Waals surface area contributed by atoms with Gasteiger partial charge in [-0.2, -0.15) is 0 Å². The van der Waals surface area contributed by atoms with E-state index in [0.29, 0.717) is 5.92 Å². The van der Waals surface area contributed by atoms with Crippen LogP contribution in [0.25, 0.3) is 0 Å². The van der Waals surface area contributed by atoms with Crippen molar-refractivity contribution < 1.29 is 4.74 Å². The number of hydrogen-bond acceptors (Lipinski definition) is 3. The zero-order valence-corrected chi connectivity index (χ0v) is 13.5. The quantitative estimate of drug-likeness (QED) is 0.654. The van der Waals surface area contributed by atoms with Gasteiger partial charge in [0.05, 0.1) is 6.61 Å². The average Bonchev–Trinajstić information content (AvgIpc) is 2.37. The smallest absolute Gasteiger partial charge is 0.213 e. The summed E-state index contributed by atoms with van der Waals surface area (Å²) in [4.78, 5) is 4.44. The van der Waals surface area contributed by atoms with Crippen molar-refractivity contribution >= 4 is 0 Å². The molecule has 0 spiro atoms. The Morgan fingerprint density at radius 1 is 1.20 bits per heavy atom. The maximum absolute atomic E-state index is 5.76. The highest BCUT2D eigenvalue weighted by Crippen LogP contribution is 2.13. The number of aromatic nitrogens is 1. The highest BCUT2D eigenvalue weighted by Gasteiger charge is 2.02. The number of hydrogen-bond donors (Lipinski definition) is 1. The van der Waals surface area contributed by atoms with Crippen LogP contribution in [0.15, 0.2) is 12.1 Å². The molecule has 0 fully saturated rings. The summed E-state index contributed by atoms with van der Waals surface area (Å²) in [7, 11) is 0. The summed E-state index contributed by atoms with van der Waals surface area (Å²) in [5.74, 6) is 1.44. The summed E-state index contributed by atoms with van der Waals surface area (Å²) < 4.78 is 5.76. The van der Waals surface area contributed by atoms with Gasteiger partial charge in [0.15, 0.2) is 0 Å². The van der Waals surface area contributed by atoms with E-state index in [2.05, 4.69) is 43.2 Å². The van der Waals surface area contributed by atoms with Gasteiger partial charge < -0.3 is 10.1 Å². The zero-order chi connectivity index (χ0) is 14.8. The molecule has 0 aromatic carbocycles. The Balaban J connectivity index is 2.40. The highest BCUT2D eigenvalue weighted by molar-refractivity contribution is 5.24. The molecule has 0 amide bonds. The van der Waals surface area contributed by atoms with E-state index in [4.69, 9.17) is 4.74 Å². The summed E-state index contributed by atoms with van der Waals surface area (Å²) in [6.45, 7) is 11.4. The van der Waals surface area contributed by atoms with Crippen molar-refractivity contribution in [1.29, 1.82) is 0 Å². The van der Waals surface area contributed by atoms with Crippen LogP contribution in [0.2, 0.25) is 0 Å². The van der Waals surface area contributed by atoms with E-state index < -0.39 is 0 Å². The monoisotopic (exact) mass is 278 g/mol. The predicted octanol–water partition coefficient (Wildman–Crippen LogP) is 4.09. The number of ether oxygens (including phenoxy) is 1. The standard InChI is InChI=1S/C17H30N2O/c1-5-6-7-8-9-20-17-11-16(10-15(4)19-17)13-18-12-14(2)3/h10-11,14,18H,5-9,12-13H2,1-4H3. The van der Waals surface area contributed by atoms with E-state index in [0.717, 1.165) is 37.7 Å². The van der Waals surface area contributed by atoms with E-state index in [1.165, 1.54) is 24.8 Å². The second-order valence-corrected chi connectivity index (χ2v) is 5.89. The van der Waals surface area contributed by atoms with Gasteiger partial charge in [-0.1, -0.05) is 40.0 Å². The Morgan fingerprint density at radius 3 is 2.70 bits per heavy atom. The molecular weight excluding hydrogens is 248 g/mol. The fraction of sp³-hybridized carbons (Fsp3) is 0.706. The molecule has 1 N–H and O–H groups in total. The highest BCUT2D eigenvalue weighted by atomic mass is 16.5. The maximum atomic E-state index is 5.76. The molecule has 0 radical (unpaired) electrons. The molecule has 0 atom stereocenters. The molecule has 0 bridgehead atoms. The number of rotatable bonds is 10. The first kappa shape index (κ1) is 17.0. The average molecular weight is 278 g/mol. The summed E-state index contributed by atoms with van der Waals surface area (Å²) in [5.41, 5.74) is 2.28. The van der Waals surface area contributed by atoms with Crippen molar-refractivity contribution in [2.75, 3.05) is 13.2 Å². The van der Waals surface area contributed by atoms with Crippen molar-refractivity contribution in [3.8, 4) is 5.88 Å². The normalized spacial score (nSPS) is 11.1. The number of nitrogens with one attached hydrogen (secondary N) is 1. The summed E-state index contributed by atoms with van der Waals surface area (Å²) in [6, 6.07) is 4.18. The van der Waals surface area contributed by atoms with Gasteiger partial charge in [-0.3, -0.25) is 0 Å². The lowest BCUT2D eigenvalue weighted by Gasteiger charge is -2.10. The second kappa shape index (κ2) is 9.76. The maximum Gasteiger partial charge on any atom is 0.213 e. The molecule has 3 nitrogen and oxygen atoms in total. The molecule has 0 aliphatic rings. The van der Waals surface area contributed by atoms with Crippen LogP contribution in [0.4, 0.5) is 0 Å². The Hall–Kier alpha value is -1.09. The minimum absolute atomic E-state index is 0.673. The lowest BCUT2D eigenvalue weighted by atomic mass is 10.2. The third-order valence-electron chi connectivity index (χ3n) is 3.12. The molecule has 114 valence electrons. The van der Waals surface area contributed by atoms with E-state index in [-0.39, 0.29) is 0 Å². The predicted molar refractivity (Wildman–Crippen MR) is 85.2 cm³/mol. The van der Waals surface area contributed by atoms with Gasteiger partial charge in [-0.15, -0.1) is 0 Å². The first-order valence-corrected chi connectivity index (χ1v) is 7.93. The van der Waals surface area contributed by atoms with Gasteiger partial charge in [0.25, 0.3) is 0 Å². The Morgan fingerprint density at radius 2 is 2.00 bits per heavy atom. The Kier molecular flexibility index (Phi) is 8.28. The lowest BCUT2D eigenvalue weighted by Crippen LogP contribution is -2.19. The van der Waals surface area contributed by atoms with Crippen molar-refractivity contribution in [2.45, 2.75) is 59.9 Å². The fourth-order valence-electron chi connectivity index (χ4n) is 2.09. The van der Waals surface area contributed by atoms with E-state index in [9.17, 15) is 0 Å². The molecule has 1 aromatic rings. The molecule has 1 rings (SSSR count). The molecule has 0 unspecified atom stereocenters. The third kappa shape index (κ3) is 7.49. The van der Waals surface area contributed by atoms with Crippen LogP contribution in [-0.2, 0) is 6.54 Å². The summed E-state index contributed by atoms with van der Waals surface area (Å²) >= 11 is 0. The first-order valence-electron chi connectivity index (χ1n) is 7.93. The van der Waals surface area contributed by atoms with Gasteiger partial charge in [0, 0.05) is 18.3 Å². The second-order valence-electron chi connectivity index (χ2n) is 5.89. The molecule has 1 heterocycles. The van der Waals surface area contributed by atoms with Crippen LogP contribution >= 0.6 is 0 Å². The third-order valence-corrected chi connectivity index (χ3v) is 3.12. The fourth-order valence-corrected chi connectivity index (χ4v) is 2.09. The van der Waals surface area contributed by atoms with Crippen LogP contribution in [0.1, 0.15) is 57.7 Å². The van der Waals surface area contributed by atoms with Crippen molar-refractivity contribution in [3.05, 3.63) is 23.4 Å². The van der Waals surface area contributed by atoms with Gasteiger partial charge >= 0.3 is 0 Å². The van der Waals surface area contributed by atoms with Crippen LogP contribution in [0.3, 0.4) is 0 Å². The lowest BCUT2D eigenvalue weighted by molar-refractivity contribution is 0.293. The number of nitrogens with zero attached hydrogens (tertiary/aromatic N) is 1. The van der Waals surface area contributed by atoms with Crippen molar-refractivity contribution in [1.82, 2.24) is 10.3 Å². The molecule has 0 aliphatic carbocycles. The largest absolute Gasteiger partial charge is 0.478 e. The summed E-state index contributed by atoms with van der Waals surface area (Å²) in [5, 5.41) is 3.46. The van der Waals surface area contributed by atoms with Gasteiger partial charge in [0.2, 0.25) is 5.88 Å². The van der Waals surface area contributed by atoms with E-state index in [1.54, 1.807) is 0 Å². The van der Waals surface area contributed by atoms with Gasteiger partial charge in [-0.25, -0.2) is 4.98 Å². The Bertz CT molecular complexity index is 377. The van der Waals surface area contributed by atoms with Crippen molar-refractivity contribution in [2.24, 2.45) is 5.92 Å². The number of aryl methyl sites for hydroxylation is 1. The molecule has 0 saturated carbocycles. The molecule has 1 aromatic heterocycles. The molecule has 3 heteroatoms. The van der Waals surface area contributed by atoms with E-state index in [1.807, 2.05) is 6.92 Å². The number of unbranched alkanes of at least 4 members (excludes halogenated alkanes) is 3. The van der Waals surface area contributed by atoms with Gasteiger partial charge in [-0.05, 0) is 37.4 Å². The molecule has 0 saturated heterocycles. The van der Waals surface area contributed by atoms with E-state index >= 15 is 0 Å². The minimum atomic E-state index is 0.673. The van der Waals surface area contributed by atoms with Crippen LogP contribution < -0.4 is 10.1 Å². The molecule has 20 heavy (non-hydrogen) atoms.